The van der Waals surface area contributed by atoms with E-state index in [0.717, 1.165) is 99.0 Å². The molecule has 0 aliphatic rings. The molecule has 0 unspecified atom stereocenters. The molecule has 228 valence electrons. The number of hydrogen-bond donors (Lipinski definition) is 0. The molecule has 11 aromatic rings. The lowest BCUT2D eigenvalue weighted by molar-refractivity contribution is 0.669. The first kappa shape index (κ1) is 26.4. The summed E-state index contributed by atoms with van der Waals surface area (Å²) in [6.45, 7) is 0. The van der Waals surface area contributed by atoms with Crippen molar-refractivity contribution in [2.75, 3.05) is 0 Å². The Balaban J connectivity index is 1.35. The molecule has 11 rings (SSSR count). The smallest absolute Gasteiger partial charge is 0.235 e. The van der Waals surface area contributed by atoms with Crippen molar-refractivity contribution in [3.8, 4) is 28.3 Å². The molecule has 0 amide bonds. The van der Waals surface area contributed by atoms with Gasteiger partial charge in [0.2, 0.25) is 5.95 Å². The van der Waals surface area contributed by atoms with Gasteiger partial charge in [-0.15, -0.1) is 0 Å². The topological polar surface area (TPSA) is 57.0 Å². The van der Waals surface area contributed by atoms with Gasteiger partial charge < -0.3 is 8.83 Å². The molecule has 5 heteroatoms. The van der Waals surface area contributed by atoms with Crippen molar-refractivity contribution in [2.24, 2.45) is 0 Å². The number of para-hydroxylation sites is 5. The van der Waals surface area contributed by atoms with E-state index in [1.807, 2.05) is 42.5 Å². The third kappa shape index (κ3) is 3.70. The third-order valence-corrected chi connectivity index (χ3v) is 9.81. The van der Waals surface area contributed by atoms with Crippen LogP contribution in [0.1, 0.15) is 0 Å². The Morgan fingerprint density at radius 3 is 1.90 bits per heavy atom. The number of benzene rings is 7. The van der Waals surface area contributed by atoms with Crippen LogP contribution in [-0.4, -0.2) is 14.5 Å². The predicted molar refractivity (Wildman–Crippen MR) is 199 cm³/mol. The van der Waals surface area contributed by atoms with Crippen LogP contribution in [0.4, 0.5) is 0 Å². The largest absolute Gasteiger partial charge is 0.455 e. The molecule has 4 heterocycles. The van der Waals surface area contributed by atoms with Crippen molar-refractivity contribution in [3.05, 3.63) is 152 Å². The van der Waals surface area contributed by atoms with Crippen LogP contribution in [0.15, 0.2) is 160 Å². The van der Waals surface area contributed by atoms with E-state index in [-0.39, 0.29) is 0 Å². The van der Waals surface area contributed by atoms with Gasteiger partial charge in [-0.1, -0.05) is 121 Å². The summed E-state index contributed by atoms with van der Waals surface area (Å²) in [4.78, 5) is 10.6. The zero-order valence-corrected chi connectivity index (χ0v) is 26.1. The van der Waals surface area contributed by atoms with Gasteiger partial charge in [0.25, 0.3) is 0 Å². The highest BCUT2D eigenvalue weighted by Crippen LogP contribution is 2.47. The van der Waals surface area contributed by atoms with Gasteiger partial charge in [0.1, 0.15) is 22.3 Å². The Morgan fingerprint density at radius 1 is 0.449 bits per heavy atom. The highest BCUT2D eigenvalue weighted by molar-refractivity contribution is 6.27. The summed E-state index contributed by atoms with van der Waals surface area (Å²) in [5, 5.41) is 7.43. The summed E-state index contributed by atoms with van der Waals surface area (Å²) in [6, 6.07) is 52.3. The Bertz CT molecular complexity index is 3110. The first-order chi connectivity index (χ1) is 24.3. The Labute approximate surface area is 279 Å². The standard InChI is InChI=1S/C44H25N3O2/c1-2-13-26(14-3-1)40-31-17-4-8-21-35(31)45-44(46-40)47-36-22-9-5-18-32(36)39-33(25-34-28-16-7-11-24-38(28)49-43(34)41(39)47)30-20-12-19-29-27-15-6-10-23-37(27)48-42(29)30/h1-25H. The van der Waals surface area contributed by atoms with Gasteiger partial charge in [0, 0.05) is 48.8 Å². The van der Waals surface area contributed by atoms with Crippen LogP contribution in [0, 0.1) is 0 Å². The summed E-state index contributed by atoms with van der Waals surface area (Å²) in [5.41, 5.74) is 10.2. The van der Waals surface area contributed by atoms with Crippen molar-refractivity contribution < 1.29 is 8.83 Å². The number of hydrogen-bond acceptors (Lipinski definition) is 4. The summed E-state index contributed by atoms with van der Waals surface area (Å²) < 4.78 is 15.6. The Hall–Kier alpha value is -6.72. The lowest BCUT2D eigenvalue weighted by Crippen LogP contribution is -2.03. The minimum Gasteiger partial charge on any atom is -0.455 e. The lowest BCUT2D eigenvalue weighted by Gasteiger charge is -2.12. The number of nitrogens with zero attached hydrogens (tertiary/aromatic N) is 3. The molecule has 0 bridgehead atoms. The van der Waals surface area contributed by atoms with E-state index in [4.69, 9.17) is 18.8 Å². The van der Waals surface area contributed by atoms with Gasteiger partial charge in [-0.3, -0.25) is 4.57 Å². The second-order valence-electron chi connectivity index (χ2n) is 12.5. The number of rotatable bonds is 3. The quantitative estimate of drug-likeness (QED) is 0.196. The highest BCUT2D eigenvalue weighted by Gasteiger charge is 2.26. The van der Waals surface area contributed by atoms with Crippen LogP contribution in [0.25, 0.3) is 105 Å². The molecule has 7 aromatic carbocycles. The van der Waals surface area contributed by atoms with Crippen LogP contribution in [0.3, 0.4) is 0 Å². The number of aromatic nitrogens is 3. The van der Waals surface area contributed by atoms with Gasteiger partial charge in [-0.2, -0.15) is 0 Å². The normalized spacial score (nSPS) is 12.1. The van der Waals surface area contributed by atoms with Crippen molar-refractivity contribution in [1.29, 1.82) is 0 Å². The minimum absolute atomic E-state index is 0.588. The average molecular weight is 628 g/mol. The summed E-state index contributed by atoms with van der Waals surface area (Å²) >= 11 is 0. The third-order valence-electron chi connectivity index (χ3n) is 9.81. The maximum absolute atomic E-state index is 6.79. The molecule has 0 radical (unpaired) electrons. The summed E-state index contributed by atoms with van der Waals surface area (Å²) in [5.74, 6) is 0.588. The van der Waals surface area contributed by atoms with E-state index in [1.165, 1.54) is 0 Å². The first-order valence-corrected chi connectivity index (χ1v) is 16.4. The second kappa shape index (κ2) is 9.89. The van der Waals surface area contributed by atoms with E-state index in [2.05, 4.69) is 114 Å². The van der Waals surface area contributed by atoms with Gasteiger partial charge in [0.15, 0.2) is 5.58 Å². The average Bonchev–Trinajstić information content (AvgIpc) is 3.84. The number of fused-ring (bicyclic) bond motifs is 11. The molecule has 0 aliphatic carbocycles. The van der Waals surface area contributed by atoms with Gasteiger partial charge >= 0.3 is 0 Å². The highest BCUT2D eigenvalue weighted by atomic mass is 16.3. The zero-order chi connectivity index (χ0) is 32.1. The minimum atomic E-state index is 0.588. The fraction of sp³-hybridized carbons (Fsp3) is 0. The molecular formula is C44H25N3O2. The van der Waals surface area contributed by atoms with Crippen LogP contribution in [0.2, 0.25) is 0 Å². The maximum Gasteiger partial charge on any atom is 0.235 e. The van der Waals surface area contributed by atoms with Crippen molar-refractivity contribution in [3.63, 3.8) is 0 Å². The molecule has 0 fully saturated rings. The van der Waals surface area contributed by atoms with Gasteiger partial charge in [-0.25, -0.2) is 9.97 Å². The van der Waals surface area contributed by atoms with Crippen molar-refractivity contribution in [2.45, 2.75) is 0 Å². The summed E-state index contributed by atoms with van der Waals surface area (Å²) in [7, 11) is 0. The molecule has 0 spiro atoms. The predicted octanol–water partition coefficient (Wildman–Crippen LogP) is 11.9. The fourth-order valence-corrected chi connectivity index (χ4v) is 7.69. The van der Waals surface area contributed by atoms with Crippen molar-refractivity contribution >= 4 is 76.6 Å². The SMILES string of the molecule is c1ccc(-c2nc(-n3c4ccccc4c4c(-c5cccc6c5oc5ccccc56)cc5c6ccccc6oc5c43)nc3ccccc23)cc1. The van der Waals surface area contributed by atoms with E-state index in [0.29, 0.717) is 5.95 Å². The van der Waals surface area contributed by atoms with Crippen LogP contribution in [-0.2, 0) is 0 Å². The van der Waals surface area contributed by atoms with E-state index >= 15 is 0 Å². The van der Waals surface area contributed by atoms with E-state index in [1.54, 1.807) is 0 Å². The van der Waals surface area contributed by atoms with Crippen LogP contribution < -0.4 is 0 Å². The molecule has 4 aromatic heterocycles. The molecule has 49 heavy (non-hydrogen) atoms. The summed E-state index contributed by atoms with van der Waals surface area (Å²) in [6.07, 6.45) is 0. The maximum atomic E-state index is 6.79. The number of furan rings is 2. The van der Waals surface area contributed by atoms with E-state index < -0.39 is 0 Å². The second-order valence-corrected chi connectivity index (χ2v) is 12.5. The monoisotopic (exact) mass is 627 g/mol. The molecule has 0 saturated heterocycles. The zero-order valence-electron chi connectivity index (χ0n) is 26.1. The molecule has 0 aliphatic heterocycles. The van der Waals surface area contributed by atoms with Crippen molar-refractivity contribution in [1.82, 2.24) is 14.5 Å². The molecule has 0 atom stereocenters. The van der Waals surface area contributed by atoms with Crippen LogP contribution >= 0.6 is 0 Å². The Morgan fingerprint density at radius 2 is 1.08 bits per heavy atom. The molecule has 0 saturated carbocycles. The lowest BCUT2D eigenvalue weighted by atomic mass is 9.95. The fourth-order valence-electron chi connectivity index (χ4n) is 7.69. The van der Waals surface area contributed by atoms with Gasteiger partial charge in [-0.05, 0) is 35.9 Å². The van der Waals surface area contributed by atoms with Gasteiger partial charge in [0.05, 0.1) is 16.7 Å². The van der Waals surface area contributed by atoms with Crippen LogP contribution in [0.5, 0.6) is 0 Å². The first-order valence-electron chi connectivity index (χ1n) is 16.4. The molecular weight excluding hydrogens is 603 g/mol. The molecule has 0 N–H and O–H groups in total. The molecule has 5 nitrogen and oxygen atoms in total. The van der Waals surface area contributed by atoms with E-state index in [9.17, 15) is 0 Å². The Kier molecular flexibility index (Phi) is 5.32.